The van der Waals surface area contributed by atoms with Crippen LogP contribution in [0.1, 0.15) is 22.8 Å². The second-order valence-corrected chi connectivity index (χ2v) is 10.5. The van der Waals surface area contributed by atoms with Crippen molar-refractivity contribution >= 4 is 10.0 Å². The minimum absolute atomic E-state index is 0.0276. The molecule has 0 bridgehead atoms. The predicted octanol–water partition coefficient (Wildman–Crippen LogP) is 5.10. The summed E-state index contributed by atoms with van der Waals surface area (Å²) in [5.41, 5.74) is 0.0205. The minimum Gasteiger partial charge on any atom is -0.367 e. The summed E-state index contributed by atoms with van der Waals surface area (Å²) in [5.74, 6) is -1.94. The molecule has 0 aromatic heterocycles. The monoisotopic (exact) mass is 540 g/mol. The molecule has 3 aromatic carbocycles. The molecule has 0 spiro atoms. The number of nitrogens with zero attached hydrogens (tertiary/aromatic N) is 2. The molecule has 1 aliphatic rings. The summed E-state index contributed by atoms with van der Waals surface area (Å²) >= 11 is 0. The van der Waals surface area contributed by atoms with E-state index in [1.807, 2.05) is 35.2 Å². The first-order valence-corrected chi connectivity index (χ1v) is 13.0. The fraction of sp³-hybridized carbons (Fsp3) is 0.308. The van der Waals surface area contributed by atoms with Gasteiger partial charge in [0.25, 0.3) is 0 Å². The number of benzene rings is 3. The normalized spacial score (nSPS) is 16.6. The molecule has 0 amide bonds. The van der Waals surface area contributed by atoms with E-state index in [0.29, 0.717) is 25.2 Å². The number of piperazine rings is 1. The van der Waals surface area contributed by atoms with Crippen LogP contribution in [0.3, 0.4) is 0 Å². The smallest absolute Gasteiger partial charge is 0.367 e. The molecule has 1 heterocycles. The van der Waals surface area contributed by atoms with Crippen LogP contribution in [0.25, 0.3) is 0 Å². The number of alkyl halides is 3. The summed E-state index contributed by atoms with van der Waals surface area (Å²) in [6.45, 7) is 1.29. The van der Waals surface area contributed by atoms with E-state index >= 15 is 0 Å². The maximum absolute atomic E-state index is 13.9. The van der Waals surface area contributed by atoms with Crippen LogP contribution in [0.4, 0.5) is 22.0 Å². The first-order valence-electron chi connectivity index (χ1n) is 11.6. The lowest BCUT2D eigenvalue weighted by Crippen LogP contribution is -2.49. The molecule has 0 N–H and O–H groups in total. The van der Waals surface area contributed by atoms with E-state index in [1.54, 1.807) is 0 Å². The van der Waals surface area contributed by atoms with Gasteiger partial charge in [0.05, 0.1) is 17.1 Å². The Balaban J connectivity index is 1.38. The van der Waals surface area contributed by atoms with E-state index in [-0.39, 0.29) is 19.7 Å². The highest BCUT2D eigenvalue weighted by Crippen LogP contribution is 2.35. The van der Waals surface area contributed by atoms with Gasteiger partial charge in [0.2, 0.25) is 10.0 Å². The molecule has 5 nitrogen and oxygen atoms in total. The van der Waals surface area contributed by atoms with Crippen LogP contribution in [0.15, 0.2) is 77.7 Å². The molecule has 37 heavy (non-hydrogen) atoms. The highest BCUT2D eigenvalue weighted by atomic mass is 32.2. The topological polar surface area (TPSA) is 49.9 Å². The number of halogens is 5. The molecule has 1 aliphatic heterocycles. The van der Waals surface area contributed by atoms with Crippen molar-refractivity contribution in [2.24, 2.45) is 0 Å². The van der Waals surface area contributed by atoms with E-state index in [1.165, 1.54) is 12.1 Å². The van der Waals surface area contributed by atoms with Crippen LogP contribution in [0.5, 0.6) is 0 Å². The standard InChI is InChI=1S/C26H25F5N2O3S/c27-22-11-10-20(18-23(22)28)25(19-6-2-1-3-7-19)36-17-16-32-12-14-33(15-13-32)37(34,35)24-9-5-4-8-21(24)26(29,30)31/h1-11,18,25H,12-17H2/t25-/m1/s1. The lowest BCUT2D eigenvalue weighted by atomic mass is 10.0. The largest absolute Gasteiger partial charge is 0.417 e. The van der Waals surface area contributed by atoms with Gasteiger partial charge < -0.3 is 4.74 Å². The molecule has 1 fully saturated rings. The molecule has 3 aromatic rings. The Morgan fingerprint density at radius 1 is 0.811 bits per heavy atom. The molecule has 0 saturated carbocycles. The molecular weight excluding hydrogens is 515 g/mol. The van der Waals surface area contributed by atoms with Crippen LogP contribution in [0.2, 0.25) is 0 Å². The Kier molecular flexibility index (Phi) is 8.27. The van der Waals surface area contributed by atoms with Gasteiger partial charge in [-0.05, 0) is 35.4 Å². The molecule has 0 radical (unpaired) electrons. The summed E-state index contributed by atoms with van der Waals surface area (Å²) in [5, 5.41) is 0. The van der Waals surface area contributed by atoms with E-state index in [9.17, 15) is 30.4 Å². The Labute approximate surface area is 212 Å². The highest BCUT2D eigenvalue weighted by Gasteiger charge is 2.39. The average molecular weight is 541 g/mol. The van der Waals surface area contributed by atoms with Crippen molar-refractivity contribution in [2.75, 3.05) is 39.3 Å². The number of ether oxygens (including phenoxy) is 1. The predicted molar refractivity (Wildman–Crippen MR) is 127 cm³/mol. The van der Waals surface area contributed by atoms with Crippen molar-refractivity contribution in [3.8, 4) is 0 Å². The minimum atomic E-state index is -4.79. The zero-order chi connectivity index (χ0) is 26.6. The van der Waals surface area contributed by atoms with Gasteiger partial charge >= 0.3 is 6.18 Å². The number of rotatable bonds is 8. The van der Waals surface area contributed by atoms with Crippen LogP contribution in [-0.2, 0) is 20.9 Å². The summed E-state index contributed by atoms with van der Waals surface area (Å²) in [6, 6.07) is 16.8. The van der Waals surface area contributed by atoms with Gasteiger partial charge in [-0.15, -0.1) is 0 Å². The molecular formula is C26H25F5N2O3S. The first-order chi connectivity index (χ1) is 17.6. The third-order valence-electron chi connectivity index (χ3n) is 6.18. The van der Waals surface area contributed by atoms with Crippen LogP contribution < -0.4 is 0 Å². The third-order valence-corrected chi connectivity index (χ3v) is 8.14. The van der Waals surface area contributed by atoms with Gasteiger partial charge in [0, 0.05) is 32.7 Å². The fourth-order valence-electron chi connectivity index (χ4n) is 4.25. The van der Waals surface area contributed by atoms with E-state index < -0.39 is 44.4 Å². The van der Waals surface area contributed by atoms with E-state index in [2.05, 4.69) is 0 Å². The molecule has 11 heteroatoms. The molecule has 1 atom stereocenters. The SMILES string of the molecule is O=S(=O)(c1ccccc1C(F)(F)F)N1CCN(CCO[C@H](c2ccccc2)c2ccc(F)c(F)c2)CC1. The maximum atomic E-state index is 13.9. The fourth-order valence-corrected chi connectivity index (χ4v) is 5.88. The summed E-state index contributed by atoms with van der Waals surface area (Å²) < 4.78 is 100. The molecule has 0 unspecified atom stereocenters. The molecule has 198 valence electrons. The summed E-state index contributed by atoms with van der Waals surface area (Å²) in [4.78, 5) is 1.19. The van der Waals surface area contributed by atoms with Gasteiger partial charge in [-0.1, -0.05) is 48.5 Å². The zero-order valence-corrected chi connectivity index (χ0v) is 20.5. The molecule has 4 rings (SSSR count). The second kappa shape index (κ2) is 11.3. The van der Waals surface area contributed by atoms with Crippen molar-refractivity contribution in [1.29, 1.82) is 0 Å². The van der Waals surface area contributed by atoms with Gasteiger partial charge in [0.15, 0.2) is 11.6 Å². The Bertz CT molecular complexity index is 1310. The Hall–Kier alpha value is -2.86. The Morgan fingerprint density at radius 2 is 1.46 bits per heavy atom. The van der Waals surface area contributed by atoms with E-state index in [0.717, 1.165) is 40.2 Å². The highest BCUT2D eigenvalue weighted by molar-refractivity contribution is 7.89. The van der Waals surface area contributed by atoms with Crippen LogP contribution in [-0.4, -0.2) is 57.0 Å². The quantitative estimate of drug-likeness (QED) is 0.374. The third kappa shape index (κ3) is 6.35. The second-order valence-electron chi connectivity index (χ2n) is 8.57. The zero-order valence-electron chi connectivity index (χ0n) is 19.7. The summed E-state index contributed by atoms with van der Waals surface area (Å²) in [7, 11) is -4.32. The van der Waals surface area contributed by atoms with Gasteiger partial charge in [-0.25, -0.2) is 17.2 Å². The Morgan fingerprint density at radius 3 is 2.11 bits per heavy atom. The van der Waals surface area contributed by atoms with Crippen LogP contribution in [0, 0.1) is 11.6 Å². The average Bonchev–Trinajstić information content (AvgIpc) is 2.89. The van der Waals surface area contributed by atoms with Crippen molar-refractivity contribution in [3.63, 3.8) is 0 Å². The van der Waals surface area contributed by atoms with Gasteiger partial charge in [-0.3, -0.25) is 4.90 Å². The van der Waals surface area contributed by atoms with Gasteiger partial charge in [-0.2, -0.15) is 17.5 Å². The number of hydrogen-bond acceptors (Lipinski definition) is 4. The lowest BCUT2D eigenvalue weighted by molar-refractivity contribution is -0.139. The van der Waals surface area contributed by atoms with Crippen LogP contribution >= 0.6 is 0 Å². The first kappa shape index (κ1) is 27.2. The van der Waals surface area contributed by atoms with Crippen molar-refractivity contribution < 1.29 is 35.1 Å². The van der Waals surface area contributed by atoms with Gasteiger partial charge in [0.1, 0.15) is 6.10 Å². The number of sulfonamides is 1. The summed E-state index contributed by atoms with van der Waals surface area (Å²) in [6.07, 6.45) is -5.43. The molecule has 1 saturated heterocycles. The van der Waals surface area contributed by atoms with Crippen molar-refractivity contribution in [1.82, 2.24) is 9.21 Å². The number of hydrogen-bond donors (Lipinski definition) is 0. The lowest BCUT2D eigenvalue weighted by Gasteiger charge is -2.34. The maximum Gasteiger partial charge on any atom is 0.417 e. The van der Waals surface area contributed by atoms with E-state index in [4.69, 9.17) is 4.74 Å². The van der Waals surface area contributed by atoms with Crippen molar-refractivity contribution in [3.05, 3.63) is 101 Å². The van der Waals surface area contributed by atoms with Crippen molar-refractivity contribution in [2.45, 2.75) is 17.2 Å². The molecule has 0 aliphatic carbocycles.